The molecule has 0 aliphatic rings. The van der Waals surface area contributed by atoms with Crippen molar-refractivity contribution in [3.05, 3.63) is 85.5 Å². The molecular formula is C25H25ClN4O5. The Kier molecular flexibility index (Phi) is 7.36. The van der Waals surface area contributed by atoms with Crippen molar-refractivity contribution in [2.75, 3.05) is 13.2 Å². The van der Waals surface area contributed by atoms with Gasteiger partial charge in [0.05, 0.1) is 6.54 Å². The van der Waals surface area contributed by atoms with Crippen LogP contribution in [0.4, 0.5) is 0 Å². The second-order valence-corrected chi connectivity index (χ2v) is 8.40. The number of hydrogen-bond acceptors (Lipinski definition) is 6. The fourth-order valence-electron chi connectivity index (χ4n) is 3.77. The highest BCUT2D eigenvalue weighted by Crippen LogP contribution is 2.21. The van der Waals surface area contributed by atoms with Crippen LogP contribution in [0.1, 0.15) is 29.3 Å². The van der Waals surface area contributed by atoms with Gasteiger partial charge >= 0.3 is 5.69 Å². The molecule has 10 heteroatoms. The van der Waals surface area contributed by atoms with Crippen molar-refractivity contribution in [3.8, 4) is 11.8 Å². The lowest BCUT2D eigenvalue weighted by molar-refractivity contribution is 0.112. The zero-order chi connectivity index (χ0) is 24.9. The van der Waals surface area contributed by atoms with Crippen molar-refractivity contribution in [3.63, 3.8) is 0 Å². The Morgan fingerprint density at radius 3 is 2.49 bits per heavy atom. The molecule has 0 saturated heterocycles. The lowest BCUT2D eigenvalue weighted by Gasteiger charge is -2.12. The van der Waals surface area contributed by atoms with Gasteiger partial charge in [-0.2, -0.15) is 4.98 Å². The molecule has 0 spiro atoms. The van der Waals surface area contributed by atoms with E-state index in [4.69, 9.17) is 21.1 Å². The number of carbonyl (C=O) groups is 1. The predicted molar refractivity (Wildman–Crippen MR) is 133 cm³/mol. The predicted octanol–water partition coefficient (Wildman–Crippen LogP) is 3.28. The molecule has 0 aliphatic heterocycles. The Labute approximate surface area is 206 Å². The number of halogens is 1. The van der Waals surface area contributed by atoms with E-state index in [-0.39, 0.29) is 30.4 Å². The fourth-order valence-corrected chi connectivity index (χ4v) is 3.90. The average molecular weight is 497 g/mol. The first kappa shape index (κ1) is 24.3. The number of nitrogens with zero attached hydrogens (tertiary/aromatic N) is 4. The summed E-state index contributed by atoms with van der Waals surface area (Å²) in [7, 11) is 1.59. The van der Waals surface area contributed by atoms with Crippen molar-refractivity contribution in [1.29, 1.82) is 0 Å². The molecule has 35 heavy (non-hydrogen) atoms. The van der Waals surface area contributed by atoms with Crippen molar-refractivity contribution in [1.82, 2.24) is 18.7 Å². The van der Waals surface area contributed by atoms with Gasteiger partial charge in [-0.25, -0.2) is 4.79 Å². The average Bonchev–Trinajstić information content (AvgIpc) is 3.23. The highest BCUT2D eigenvalue weighted by atomic mass is 35.5. The number of aromatic nitrogens is 4. The third kappa shape index (κ3) is 5.14. The topological polar surface area (TPSA) is 97.4 Å². The second-order valence-electron chi connectivity index (χ2n) is 7.96. The third-order valence-electron chi connectivity index (χ3n) is 5.48. The maximum Gasteiger partial charge on any atom is 0.332 e. The summed E-state index contributed by atoms with van der Waals surface area (Å²) in [6.07, 6.45) is 1.38. The Balaban J connectivity index is 1.68. The zero-order valence-corrected chi connectivity index (χ0v) is 20.2. The molecule has 0 fully saturated rings. The van der Waals surface area contributed by atoms with Gasteiger partial charge in [-0.3, -0.25) is 23.3 Å². The van der Waals surface area contributed by atoms with E-state index in [1.54, 1.807) is 48.0 Å². The van der Waals surface area contributed by atoms with Crippen LogP contribution in [0, 0.1) is 0 Å². The Hall–Kier alpha value is -3.85. The van der Waals surface area contributed by atoms with Gasteiger partial charge in [0.25, 0.3) is 11.6 Å². The van der Waals surface area contributed by atoms with Crippen LogP contribution >= 0.6 is 11.6 Å². The van der Waals surface area contributed by atoms with Gasteiger partial charge in [0.1, 0.15) is 25.2 Å². The molecule has 182 valence electrons. The molecule has 4 aromatic rings. The molecule has 2 heterocycles. The summed E-state index contributed by atoms with van der Waals surface area (Å²) in [5.74, 6) is 0.540. The van der Waals surface area contributed by atoms with E-state index in [1.807, 2.05) is 19.1 Å². The number of rotatable bonds is 10. The van der Waals surface area contributed by atoms with Crippen molar-refractivity contribution in [2.24, 2.45) is 7.05 Å². The Morgan fingerprint density at radius 1 is 1.03 bits per heavy atom. The minimum Gasteiger partial charge on any atom is -0.490 e. The van der Waals surface area contributed by atoms with E-state index in [0.717, 1.165) is 11.8 Å². The van der Waals surface area contributed by atoms with Crippen molar-refractivity contribution < 1.29 is 14.3 Å². The SMILES string of the molecule is CCCn1c(=O)c2c(nc(OCCOc3cccc(C=O)c3)n2Cc2ccc(Cl)cc2)n(C)c1=O. The lowest BCUT2D eigenvalue weighted by Crippen LogP contribution is -2.39. The second kappa shape index (κ2) is 10.6. The molecule has 2 aromatic carbocycles. The monoisotopic (exact) mass is 496 g/mol. The van der Waals surface area contributed by atoms with Gasteiger partial charge in [-0.1, -0.05) is 42.8 Å². The van der Waals surface area contributed by atoms with E-state index in [0.29, 0.717) is 35.8 Å². The number of benzene rings is 2. The lowest BCUT2D eigenvalue weighted by atomic mass is 10.2. The highest BCUT2D eigenvalue weighted by Gasteiger charge is 2.21. The molecule has 9 nitrogen and oxygen atoms in total. The van der Waals surface area contributed by atoms with E-state index in [9.17, 15) is 14.4 Å². The van der Waals surface area contributed by atoms with Crippen LogP contribution in [0.5, 0.6) is 11.8 Å². The van der Waals surface area contributed by atoms with Crippen LogP contribution in [-0.4, -0.2) is 38.2 Å². The van der Waals surface area contributed by atoms with Gasteiger partial charge in [-0.15, -0.1) is 0 Å². The van der Waals surface area contributed by atoms with E-state index in [1.165, 1.54) is 9.13 Å². The standard InChI is InChI=1S/C25H25ClN4O5/c1-3-11-29-23(32)21-22(28(2)25(29)33)27-24(30(21)15-17-7-9-19(26)10-8-17)35-13-12-34-20-6-4-5-18(14-20)16-31/h4-10,14,16H,3,11-13,15H2,1-2H3. The van der Waals surface area contributed by atoms with Gasteiger partial charge in [0.15, 0.2) is 11.2 Å². The van der Waals surface area contributed by atoms with Crippen LogP contribution < -0.4 is 20.7 Å². The maximum atomic E-state index is 13.3. The summed E-state index contributed by atoms with van der Waals surface area (Å²) in [5.41, 5.74) is 1.09. The van der Waals surface area contributed by atoms with Crippen LogP contribution in [-0.2, 0) is 20.1 Å². The minimum absolute atomic E-state index is 0.131. The van der Waals surface area contributed by atoms with Gasteiger partial charge in [0, 0.05) is 24.2 Å². The molecular weight excluding hydrogens is 472 g/mol. The number of carbonyl (C=O) groups excluding carboxylic acids is 1. The zero-order valence-electron chi connectivity index (χ0n) is 19.4. The van der Waals surface area contributed by atoms with E-state index < -0.39 is 11.2 Å². The van der Waals surface area contributed by atoms with Crippen LogP contribution in [0.2, 0.25) is 5.02 Å². The first-order valence-electron chi connectivity index (χ1n) is 11.2. The first-order chi connectivity index (χ1) is 16.9. The Morgan fingerprint density at radius 2 is 1.77 bits per heavy atom. The molecule has 0 aliphatic carbocycles. The molecule has 0 unspecified atom stereocenters. The highest BCUT2D eigenvalue weighted by molar-refractivity contribution is 6.30. The van der Waals surface area contributed by atoms with Gasteiger partial charge in [-0.05, 0) is 36.2 Å². The molecule has 0 saturated carbocycles. The molecule has 0 bridgehead atoms. The quantitative estimate of drug-likeness (QED) is 0.247. The summed E-state index contributed by atoms with van der Waals surface area (Å²) < 4.78 is 15.8. The van der Waals surface area contributed by atoms with Crippen molar-refractivity contribution >= 4 is 29.1 Å². The number of aldehydes is 1. The summed E-state index contributed by atoms with van der Waals surface area (Å²) in [6, 6.07) is 14.2. The first-order valence-corrected chi connectivity index (χ1v) is 11.6. The molecule has 0 radical (unpaired) electrons. The number of fused-ring (bicyclic) bond motifs is 1. The molecule has 4 rings (SSSR count). The third-order valence-corrected chi connectivity index (χ3v) is 5.73. The Bertz CT molecular complexity index is 1470. The molecule has 0 atom stereocenters. The number of ether oxygens (including phenoxy) is 2. The smallest absolute Gasteiger partial charge is 0.332 e. The van der Waals surface area contributed by atoms with Crippen LogP contribution in [0.15, 0.2) is 58.1 Å². The maximum absolute atomic E-state index is 13.3. The summed E-state index contributed by atoms with van der Waals surface area (Å²) >= 11 is 6.02. The van der Waals surface area contributed by atoms with Gasteiger partial charge < -0.3 is 9.47 Å². The largest absolute Gasteiger partial charge is 0.490 e. The van der Waals surface area contributed by atoms with E-state index >= 15 is 0 Å². The molecule has 0 N–H and O–H groups in total. The van der Waals surface area contributed by atoms with Gasteiger partial charge in [0.2, 0.25) is 0 Å². The summed E-state index contributed by atoms with van der Waals surface area (Å²) in [6.45, 7) is 2.82. The fraction of sp³-hybridized carbons (Fsp3) is 0.280. The number of hydrogen-bond donors (Lipinski definition) is 0. The normalized spacial score (nSPS) is 11.1. The summed E-state index contributed by atoms with van der Waals surface area (Å²) in [4.78, 5) is 41.5. The summed E-state index contributed by atoms with van der Waals surface area (Å²) in [5, 5.41) is 0.601. The number of imidazole rings is 1. The molecule has 2 aromatic heterocycles. The number of aryl methyl sites for hydroxylation is 1. The minimum atomic E-state index is -0.426. The van der Waals surface area contributed by atoms with E-state index in [2.05, 4.69) is 4.98 Å². The van der Waals surface area contributed by atoms with Crippen molar-refractivity contribution in [2.45, 2.75) is 26.4 Å². The van der Waals surface area contributed by atoms with Crippen LogP contribution in [0.3, 0.4) is 0 Å². The molecule has 0 amide bonds. The van der Waals surface area contributed by atoms with Crippen LogP contribution in [0.25, 0.3) is 11.2 Å².